The zero-order chi connectivity index (χ0) is 16.5. The summed E-state index contributed by atoms with van der Waals surface area (Å²) in [6.45, 7) is 2.09. The monoisotopic (exact) mass is 409 g/mol. The van der Waals surface area contributed by atoms with Gasteiger partial charge in [0.2, 0.25) is 0 Å². The molecule has 1 heterocycles. The van der Waals surface area contributed by atoms with Gasteiger partial charge in [-0.05, 0) is 5.56 Å². The Morgan fingerprint density at radius 3 is 2.58 bits per heavy atom. The zero-order valence-corrected chi connectivity index (χ0v) is 17.7. The molecular formula is C22H17BN2Y-. The van der Waals surface area contributed by atoms with Crippen molar-refractivity contribution >= 4 is 19.2 Å². The molecule has 4 heteroatoms. The first-order valence-electron chi connectivity index (χ1n) is 7.98. The maximum atomic E-state index is 4.53. The Hall–Kier alpha value is -1.83. The van der Waals surface area contributed by atoms with Crippen LogP contribution in [0.15, 0.2) is 67.0 Å². The summed E-state index contributed by atoms with van der Waals surface area (Å²) < 4.78 is 2.02. The molecule has 0 bridgehead atoms. The smallest absolute Gasteiger partial charge is 0.264 e. The average Bonchev–Trinajstić information content (AvgIpc) is 2.62. The van der Waals surface area contributed by atoms with Gasteiger partial charge in [-0.25, -0.2) is 5.56 Å². The molecule has 0 atom stereocenters. The van der Waals surface area contributed by atoms with E-state index in [0.29, 0.717) is 0 Å². The Kier molecular flexibility index (Phi) is 6.86. The SMILES string of the molecule is Cc1ccc(-c2[c-]ccc3ccccc23)[c-]c1-c1nccc[n+]1C.[B].[Y]. The summed E-state index contributed by atoms with van der Waals surface area (Å²) in [5, 5.41) is 2.40. The number of fused-ring (bicyclic) bond motifs is 1. The summed E-state index contributed by atoms with van der Waals surface area (Å²) >= 11 is 0. The molecule has 0 aliphatic carbocycles. The van der Waals surface area contributed by atoms with Crippen LogP contribution in [0.1, 0.15) is 5.56 Å². The third-order valence-electron chi connectivity index (χ3n) is 4.29. The molecule has 0 fully saturated rings. The molecule has 122 valence electrons. The van der Waals surface area contributed by atoms with E-state index in [0.717, 1.165) is 28.1 Å². The van der Waals surface area contributed by atoms with Gasteiger partial charge in [-0.3, -0.25) is 4.57 Å². The van der Waals surface area contributed by atoms with Crippen LogP contribution < -0.4 is 4.57 Å². The van der Waals surface area contributed by atoms with E-state index in [2.05, 4.69) is 66.5 Å². The van der Waals surface area contributed by atoms with Crippen LogP contribution in [-0.4, -0.2) is 13.4 Å². The van der Waals surface area contributed by atoms with Crippen molar-refractivity contribution < 1.29 is 37.3 Å². The van der Waals surface area contributed by atoms with Gasteiger partial charge < -0.3 is 0 Å². The Bertz CT molecular complexity index is 1040. The fraction of sp³-hybridized carbons (Fsp3) is 0.0909. The Labute approximate surface area is 181 Å². The van der Waals surface area contributed by atoms with Crippen molar-refractivity contribution in [3.05, 3.63) is 84.7 Å². The molecule has 0 saturated heterocycles. The molecule has 1 aromatic heterocycles. The van der Waals surface area contributed by atoms with Crippen LogP contribution in [0.3, 0.4) is 0 Å². The van der Waals surface area contributed by atoms with Gasteiger partial charge in [-0.1, -0.05) is 30.1 Å². The van der Waals surface area contributed by atoms with Crippen LogP contribution >= 0.6 is 0 Å². The van der Waals surface area contributed by atoms with E-state index in [1.165, 1.54) is 10.8 Å². The summed E-state index contributed by atoms with van der Waals surface area (Å²) in [6, 6.07) is 25.6. The topological polar surface area (TPSA) is 16.8 Å². The molecule has 0 aliphatic heterocycles. The number of hydrogen-bond acceptors (Lipinski definition) is 1. The Morgan fingerprint density at radius 1 is 0.962 bits per heavy atom. The summed E-state index contributed by atoms with van der Waals surface area (Å²) in [4.78, 5) is 4.53. The molecule has 4 aromatic rings. The second-order valence-corrected chi connectivity index (χ2v) is 5.92. The van der Waals surface area contributed by atoms with E-state index in [1.54, 1.807) is 0 Å². The fourth-order valence-electron chi connectivity index (χ4n) is 3.01. The summed E-state index contributed by atoms with van der Waals surface area (Å²) in [5.41, 5.74) is 4.30. The summed E-state index contributed by atoms with van der Waals surface area (Å²) in [7, 11) is 2.01. The first-order valence-corrected chi connectivity index (χ1v) is 7.98. The van der Waals surface area contributed by atoms with Crippen molar-refractivity contribution in [2.24, 2.45) is 7.05 Å². The summed E-state index contributed by atoms with van der Waals surface area (Å²) in [5.74, 6) is 0.914. The van der Waals surface area contributed by atoms with Crippen molar-refractivity contribution in [1.82, 2.24) is 4.98 Å². The number of nitrogens with zero attached hydrogens (tertiary/aromatic N) is 2. The molecular weight excluding hydrogens is 392 g/mol. The van der Waals surface area contributed by atoms with Gasteiger partial charge in [0.15, 0.2) is 0 Å². The normalized spacial score (nSPS) is 10.1. The standard InChI is InChI=1S/C22H17N2.B.Y/c1-16-11-12-18(15-21(16)22-23-13-6-14-24(22)2)20-10-5-8-17-7-3-4-9-19(17)20;;/h3-9,11-14H,1-2H3;;/q-1;;. The molecule has 0 spiro atoms. The zero-order valence-electron chi connectivity index (χ0n) is 14.9. The van der Waals surface area contributed by atoms with Gasteiger partial charge >= 0.3 is 0 Å². The quantitative estimate of drug-likeness (QED) is 0.279. The second-order valence-electron chi connectivity index (χ2n) is 5.92. The number of aromatic nitrogens is 2. The van der Waals surface area contributed by atoms with Crippen LogP contribution in [-0.2, 0) is 39.8 Å². The van der Waals surface area contributed by atoms with Crippen LogP contribution in [0.2, 0.25) is 0 Å². The van der Waals surface area contributed by atoms with Gasteiger partial charge in [0.1, 0.15) is 6.20 Å². The predicted molar refractivity (Wildman–Crippen MR) is 102 cm³/mol. The number of hydrogen-bond donors (Lipinski definition) is 0. The molecule has 0 unspecified atom stereocenters. The summed E-state index contributed by atoms with van der Waals surface area (Å²) in [6.07, 6.45) is 3.83. The molecule has 3 aromatic carbocycles. The molecule has 2 nitrogen and oxygen atoms in total. The molecule has 4 rings (SSSR count). The first-order chi connectivity index (χ1) is 11.7. The van der Waals surface area contributed by atoms with Crippen LogP contribution in [0.4, 0.5) is 0 Å². The molecule has 0 saturated carbocycles. The minimum Gasteiger partial charge on any atom is -0.265 e. The number of aryl methyl sites for hydroxylation is 2. The van der Waals surface area contributed by atoms with Crippen molar-refractivity contribution in [3.63, 3.8) is 0 Å². The van der Waals surface area contributed by atoms with E-state index in [4.69, 9.17) is 0 Å². The second kappa shape index (κ2) is 8.70. The first kappa shape index (κ1) is 20.5. The molecule has 0 amide bonds. The van der Waals surface area contributed by atoms with Crippen LogP contribution in [0.25, 0.3) is 33.3 Å². The van der Waals surface area contributed by atoms with E-state index in [9.17, 15) is 0 Å². The van der Waals surface area contributed by atoms with E-state index in [1.807, 2.05) is 36.1 Å². The number of benzene rings is 3. The van der Waals surface area contributed by atoms with E-state index < -0.39 is 0 Å². The average molecular weight is 409 g/mol. The minimum atomic E-state index is 0. The fourth-order valence-corrected chi connectivity index (χ4v) is 3.01. The van der Waals surface area contributed by atoms with Gasteiger partial charge in [0, 0.05) is 47.2 Å². The molecule has 26 heavy (non-hydrogen) atoms. The Morgan fingerprint density at radius 2 is 1.77 bits per heavy atom. The molecule has 0 aliphatic rings. The van der Waals surface area contributed by atoms with Gasteiger partial charge in [0.05, 0.1) is 13.2 Å². The number of rotatable bonds is 2. The van der Waals surface area contributed by atoms with Crippen molar-refractivity contribution in [3.8, 4) is 22.5 Å². The molecule has 0 N–H and O–H groups in total. The van der Waals surface area contributed by atoms with Crippen LogP contribution in [0, 0.1) is 19.1 Å². The van der Waals surface area contributed by atoms with Crippen molar-refractivity contribution in [2.45, 2.75) is 6.92 Å². The van der Waals surface area contributed by atoms with E-state index in [-0.39, 0.29) is 41.1 Å². The van der Waals surface area contributed by atoms with Gasteiger partial charge in [0.25, 0.3) is 5.82 Å². The third-order valence-corrected chi connectivity index (χ3v) is 4.29. The minimum absolute atomic E-state index is 0. The predicted octanol–water partition coefficient (Wildman–Crippen LogP) is 3.92. The van der Waals surface area contributed by atoms with E-state index >= 15 is 0 Å². The van der Waals surface area contributed by atoms with Crippen molar-refractivity contribution in [1.29, 1.82) is 0 Å². The molecule has 4 radical (unpaired) electrons. The maximum Gasteiger partial charge on any atom is 0.264 e. The maximum absolute atomic E-state index is 4.53. The van der Waals surface area contributed by atoms with Crippen LogP contribution in [0.5, 0.6) is 0 Å². The Balaban J connectivity index is 0.00000121. The third kappa shape index (κ3) is 3.79. The van der Waals surface area contributed by atoms with Crippen molar-refractivity contribution in [2.75, 3.05) is 0 Å². The van der Waals surface area contributed by atoms with Gasteiger partial charge in [-0.2, -0.15) is 29.8 Å². The largest absolute Gasteiger partial charge is 0.265 e. The van der Waals surface area contributed by atoms with Gasteiger partial charge in [-0.15, -0.1) is 34.5 Å².